The van der Waals surface area contributed by atoms with Crippen molar-refractivity contribution in [1.82, 2.24) is 10.9 Å². The molecule has 0 radical (unpaired) electrons. The molecule has 4 atom stereocenters. The van der Waals surface area contributed by atoms with Gasteiger partial charge in [0.1, 0.15) is 0 Å². The van der Waals surface area contributed by atoms with Gasteiger partial charge in [0.15, 0.2) is 0 Å². The summed E-state index contributed by atoms with van der Waals surface area (Å²) < 4.78 is 0. The number of hydrazine groups is 1. The van der Waals surface area contributed by atoms with E-state index < -0.39 is 29.6 Å². The fourth-order valence-electron chi connectivity index (χ4n) is 3.81. The maximum absolute atomic E-state index is 12.4. The lowest BCUT2D eigenvalue weighted by molar-refractivity contribution is -0.148. The molecule has 0 aromatic heterocycles. The normalized spacial score (nSPS) is 26.7. The molecule has 6 heteroatoms. The summed E-state index contributed by atoms with van der Waals surface area (Å²) in [5, 5.41) is 9.38. The van der Waals surface area contributed by atoms with E-state index in [1.54, 1.807) is 12.1 Å². The summed E-state index contributed by atoms with van der Waals surface area (Å²) in [6.45, 7) is 4.13. The Morgan fingerprint density at radius 2 is 1.60 bits per heavy atom. The van der Waals surface area contributed by atoms with E-state index in [2.05, 4.69) is 24.7 Å². The standard InChI is InChI=1S/C19H22N2O4/c1-10(2)11-3-5-12(6-4-11)17(22)20-21-18(23)15-13-7-8-14(9-13)16(15)19(24)25/h3-8,10,13-16H,9H2,1-2H3,(H,20,22)(H,21,23)(H,24,25)/t13-,14+,15-,16+/m1/s1. The van der Waals surface area contributed by atoms with Crippen LogP contribution < -0.4 is 10.9 Å². The Hall–Kier alpha value is -2.63. The van der Waals surface area contributed by atoms with E-state index >= 15 is 0 Å². The van der Waals surface area contributed by atoms with Crippen LogP contribution in [0.5, 0.6) is 0 Å². The molecule has 0 spiro atoms. The van der Waals surface area contributed by atoms with Crippen molar-refractivity contribution in [2.24, 2.45) is 23.7 Å². The average Bonchev–Trinajstić information content (AvgIpc) is 3.20. The van der Waals surface area contributed by atoms with Crippen LogP contribution in [0.3, 0.4) is 0 Å². The topological polar surface area (TPSA) is 95.5 Å². The zero-order valence-corrected chi connectivity index (χ0v) is 14.2. The molecule has 0 saturated heterocycles. The molecule has 1 fully saturated rings. The molecule has 6 nitrogen and oxygen atoms in total. The highest BCUT2D eigenvalue weighted by molar-refractivity contribution is 5.96. The lowest BCUT2D eigenvalue weighted by Crippen LogP contribution is -2.48. The number of carbonyl (C=O) groups is 3. The molecule has 1 saturated carbocycles. The molecular weight excluding hydrogens is 320 g/mol. The summed E-state index contributed by atoms with van der Waals surface area (Å²) in [6, 6.07) is 7.17. The fourth-order valence-corrected chi connectivity index (χ4v) is 3.81. The van der Waals surface area contributed by atoms with Crippen LogP contribution in [-0.2, 0) is 9.59 Å². The van der Waals surface area contributed by atoms with Gasteiger partial charge in [0, 0.05) is 5.56 Å². The van der Waals surface area contributed by atoms with Gasteiger partial charge in [0.25, 0.3) is 5.91 Å². The van der Waals surface area contributed by atoms with E-state index in [1.165, 1.54) is 0 Å². The van der Waals surface area contributed by atoms with Gasteiger partial charge in [0.2, 0.25) is 5.91 Å². The molecule has 1 aromatic rings. The number of amides is 2. The van der Waals surface area contributed by atoms with Crippen LogP contribution >= 0.6 is 0 Å². The summed E-state index contributed by atoms with van der Waals surface area (Å²) in [5.41, 5.74) is 6.34. The van der Waals surface area contributed by atoms with Crippen LogP contribution in [0.1, 0.15) is 42.1 Å². The van der Waals surface area contributed by atoms with Gasteiger partial charge in [-0.05, 0) is 41.9 Å². The first-order valence-corrected chi connectivity index (χ1v) is 8.49. The highest BCUT2D eigenvalue weighted by Crippen LogP contribution is 2.48. The summed E-state index contributed by atoms with van der Waals surface area (Å²) in [5.74, 6) is -3.01. The number of carboxylic acid groups (broad SMARTS) is 1. The Balaban J connectivity index is 1.61. The van der Waals surface area contributed by atoms with Crippen molar-refractivity contribution in [2.45, 2.75) is 26.2 Å². The van der Waals surface area contributed by atoms with E-state index in [1.807, 2.05) is 24.3 Å². The first kappa shape index (κ1) is 17.2. The van der Waals surface area contributed by atoms with Gasteiger partial charge in [-0.2, -0.15) is 0 Å². The zero-order chi connectivity index (χ0) is 18.1. The van der Waals surface area contributed by atoms with Crippen molar-refractivity contribution in [3.8, 4) is 0 Å². The molecule has 2 amide bonds. The number of carboxylic acids is 1. The minimum absolute atomic E-state index is 0.0756. The number of hydrogen-bond donors (Lipinski definition) is 3. The van der Waals surface area contributed by atoms with Crippen molar-refractivity contribution in [3.05, 3.63) is 47.5 Å². The fraction of sp³-hybridized carbons (Fsp3) is 0.421. The largest absolute Gasteiger partial charge is 0.481 e. The maximum atomic E-state index is 12.4. The number of nitrogens with one attached hydrogen (secondary N) is 2. The van der Waals surface area contributed by atoms with Crippen LogP contribution in [0.4, 0.5) is 0 Å². The monoisotopic (exact) mass is 342 g/mol. The van der Waals surface area contributed by atoms with Crippen molar-refractivity contribution in [1.29, 1.82) is 0 Å². The van der Waals surface area contributed by atoms with E-state index in [4.69, 9.17) is 0 Å². The number of allylic oxidation sites excluding steroid dienone is 2. The first-order valence-electron chi connectivity index (χ1n) is 8.49. The Bertz CT molecular complexity index is 723. The van der Waals surface area contributed by atoms with E-state index in [9.17, 15) is 19.5 Å². The Kier molecular flexibility index (Phi) is 4.61. The van der Waals surface area contributed by atoms with E-state index in [0.717, 1.165) is 5.56 Å². The van der Waals surface area contributed by atoms with Crippen LogP contribution in [0.2, 0.25) is 0 Å². The number of benzene rings is 1. The molecule has 1 aromatic carbocycles. The van der Waals surface area contributed by atoms with Crippen LogP contribution in [0.25, 0.3) is 0 Å². The number of aliphatic carboxylic acids is 1. The molecule has 2 bridgehead atoms. The summed E-state index contributed by atoms with van der Waals surface area (Å²) in [4.78, 5) is 36.0. The molecule has 0 heterocycles. The Morgan fingerprint density at radius 1 is 1.00 bits per heavy atom. The van der Waals surface area contributed by atoms with E-state index in [-0.39, 0.29) is 11.8 Å². The molecule has 2 aliphatic carbocycles. The number of rotatable bonds is 4. The molecule has 0 aliphatic heterocycles. The third-order valence-corrected chi connectivity index (χ3v) is 5.19. The van der Waals surface area contributed by atoms with Crippen LogP contribution in [0.15, 0.2) is 36.4 Å². The molecule has 2 aliphatic rings. The van der Waals surface area contributed by atoms with Gasteiger partial charge in [-0.15, -0.1) is 0 Å². The number of carbonyl (C=O) groups excluding carboxylic acids is 2. The lowest BCUT2D eigenvalue weighted by Gasteiger charge is -2.23. The molecule has 3 N–H and O–H groups in total. The van der Waals surface area contributed by atoms with Crippen LogP contribution in [-0.4, -0.2) is 22.9 Å². The second-order valence-corrected chi connectivity index (χ2v) is 7.06. The number of fused-ring (bicyclic) bond motifs is 2. The minimum Gasteiger partial charge on any atom is -0.481 e. The minimum atomic E-state index is -0.965. The van der Waals surface area contributed by atoms with E-state index in [0.29, 0.717) is 17.9 Å². The smallest absolute Gasteiger partial charge is 0.307 e. The Labute approximate surface area is 146 Å². The molecule has 3 rings (SSSR count). The average molecular weight is 342 g/mol. The second kappa shape index (κ2) is 6.70. The van der Waals surface area contributed by atoms with Gasteiger partial charge in [0.05, 0.1) is 11.8 Å². The predicted molar refractivity (Wildman–Crippen MR) is 91.5 cm³/mol. The molecule has 132 valence electrons. The van der Waals surface area contributed by atoms with Gasteiger partial charge < -0.3 is 5.11 Å². The van der Waals surface area contributed by atoms with Gasteiger partial charge in [-0.25, -0.2) is 0 Å². The quantitative estimate of drug-likeness (QED) is 0.577. The lowest BCUT2D eigenvalue weighted by atomic mass is 9.82. The number of hydrogen-bond acceptors (Lipinski definition) is 3. The molecule has 0 unspecified atom stereocenters. The first-order chi connectivity index (χ1) is 11.9. The summed E-state index contributed by atoms with van der Waals surface area (Å²) >= 11 is 0. The highest BCUT2D eigenvalue weighted by atomic mass is 16.4. The second-order valence-electron chi connectivity index (χ2n) is 7.06. The third kappa shape index (κ3) is 3.29. The van der Waals surface area contributed by atoms with Crippen LogP contribution in [0, 0.1) is 23.7 Å². The SMILES string of the molecule is CC(C)c1ccc(C(=O)NNC(=O)[C@H]2[C@@H](C(=O)O)[C@H]3C=C[C@@H]2C3)cc1. The molecule has 25 heavy (non-hydrogen) atoms. The summed E-state index contributed by atoms with van der Waals surface area (Å²) in [6.07, 6.45) is 4.46. The predicted octanol–water partition coefficient (Wildman–Crippen LogP) is 2.09. The van der Waals surface area contributed by atoms with Crippen molar-refractivity contribution >= 4 is 17.8 Å². The molecular formula is C19H22N2O4. The van der Waals surface area contributed by atoms with Crippen molar-refractivity contribution < 1.29 is 19.5 Å². The third-order valence-electron chi connectivity index (χ3n) is 5.19. The van der Waals surface area contributed by atoms with Gasteiger partial charge in [-0.1, -0.05) is 38.1 Å². The van der Waals surface area contributed by atoms with Crippen molar-refractivity contribution in [2.75, 3.05) is 0 Å². The zero-order valence-electron chi connectivity index (χ0n) is 14.2. The maximum Gasteiger partial charge on any atom is 0.307 e. The Morgan fingerprint density at radius 3 is 2.16 bits per heavy atom. The summed E-state index contributed by atoms with van der Waals surface area (Å²) in [7, 11) is 0. The van der Waals surface area contributed by atoms with Crippen molar-refractivity contribution in [3.63, 3.8) is 0 Å². The van der Waals surface area contributed by atoms with Gasteiger partial charge in [-0.3, -0.25) is 25.2 Å². The highest BCUT2D eigenvalue weighted by Gasteiger charge is 2.51. The van der Waals surface area contributed by atoms with Gasteiger partial charge >= 0.3 is 5.97 Å².